The second kappa shape index (κ2) is 2.65. The molecule has 0 saturated heterocycles. The number of anilines is 1. The SMILES string of the molecule is Clc1cccc2c1CC(C1CC1)N2. The Hall–Kier alpha value is -0.690. The van der Waals surface area contributed by atoms with Crippen LogP contribution in [-0.2, 0) is 6.42 Å². The second-order valence-corrected chi connectivity index (χ2v) is 4.47. The molecule has 0 bridgehead atoms. The lowest BCUT2D eigenvalue weighted by Crippen LogP contribution is -2.17. The average molecular weight is 194 g/mol. The predicted molar refractivity (Wildman–Crippen MR) is 55.3 cm³/mol. The van der Waals surface area contributed by atoms with Crippen molar-refractivity contribution in [1.29, 1.82) is 0 Å². The molecule has 0 spiro atoms. The summed E-state index contributed by atoms with van der Waals surface area (Å²) in [6, 6.07) is 6.79. The first-order chi connectivity index (χ1) is 6.34. The van der Waals surface area contributed by atoms with Crippen LogP contribution in [0.4, 0.5) is 5.69 Å². The van der Waals surface area contributed by atoms with Gasteiger partial charge in [-0.3, -0.25) is 0 Å². The Kier molecular flexibility index (Phi) is 1.57. The van der Waals surface area contributed by atoms with Crippen LogP contribution in [0.15, 0.2) is 18.2 Å². The third kappa shape index (κ3) is 1.22. The van der Waals surface area contributed by atoms with Crippen molar-refractivity contribution in [3.63, 3.8) is 0 Å². The summed E-state index contributed by atoms with van der Waals surface area (Å²) in [5.41, 5.74) is 2.57. The Morgan fingerprint density at radius 3 is 2.85 bits per heavy atom. The van der Waals surface area contributed by atoms with Crippen LogP contribution in [0.2, 0.25) is 5.02 Å². The smallest absolute Gasteiger partial charge is 0.0459 e. The van der Waals surface area contributed by atoms with Crippen LogP contribution in [-0.4, -0.2) is 6.04 Å². The molecule has 1 saturated carbocycles. The molecule has 13 heavy (non-hydrogen) atoms. The van der Waals surface area contributed by atoms with Gasteiger partial charge in [-0.15, -0.1) is 0 Å². The maximum Gasteiger partial charge on any atom is 0.0459 e. The molecule has 0 amide bonds. The van der Waals surface area contributed by atoms with E-state index in [-0.39, 0.29) is 0 Å². The minimum Gasteiger partial charge on any atom is -0.381 e. The van der Waals surface area contributed by atoms with E-state index in [0.29, 0.717) is 6.04 Å². The third-order valence-corrected chi connectivity index (χ3v) is 3.43. The highest BCUT2D eigenvalue weighted by Crippen LogP contribution is 2.41. The molecule has 1 fully saturated rings. The molecular formula is C11H12ClN. The minimum atomic E-state index is 0.662. The zero-order valence-corrected chi connectivity index (χ0v) is 8.14. The molecular weight excluding hydrogens is 182 g/mol. The van der Waals surface area contributed by atoms with Crippen LogP contribution in [0.5, 0.6) is 0 Å². The number of rotatable bonds is 1. The number of hydrogen-bond acceptors (Lipinski definition) is 1. The molecule has 1 N–H and O–H groups in total. The average Bonchev–Trinajstić information content (AvgIpc) is 2.87. The van der Waals surface area contributed by atoms with Gasteiger partial charge in [0.1, 0.15) is 0 Å². The maximum atomic E-state index is 6.12. The number of hydrogen-bond donors (Lipinski definition) is 1. The molecule has 1 aromatic carbocycles. The summed E-state index contributed by atoms with van der Waals surface area (Å²) < 4.78 is 0. The molecule has 2 heteroatoms. The topological polar surface area (TPSA) is 12.0 Å². The van der Waals surface area contributed by atoms with Crippen LogP contribution in [0.3, 0.4) is 0 Å². The van der Waals surface area contributed by atoms with Gasteiger partial charge in [0.25, 0.3) is 0 Å². The van der Waals surface area contributed by atoms with Gasteiger partial charge in [0.05, 0.1) is 0 Å². The van der Waals surface area contributed by atoms with Gasteiger partial charge in [-0.05, 0) is 42.9 Å². The highest BCUT2D eigenvalue weighted by atomic mass is 35.5. The van der Waals surface area contributed by atoms with Crippen molar-refractivity contribution < 1.29 is 0 Å². The molecule has 3 rings (SSSR count). The zero-order chi connectivity index (χ0) is 8.84. The second-order valence-electron chi connectivity index (χ2n) is 4.06. The Morgan fingerprint density at radius 2 is 2.15 bits per heavy atom. The van der Waals surface area contributed by atoms with Crippen molar-refractivity contribution in [3.05, 3.63) is 28.8 Å². The van der Waals surface area contributed by atoms with Crippen molar-refractivity contribution in [1.82, 2.24) is 0 Å². The lowest BCUT2D eigenvalue weighted by molar-refractivity contribution is 0.660. The number of nitrogens with one attached hydrogen (secondary N) is 1. The van der Waals surface area contributed by atoms with Crippen molar-refractivity contribution >= 4 is 17.3 Å². The van der Waals surface area contributed by atoms with Gasteiger partial charge in [0.15, 0.2) is 0 Å². The first-order valence-electron chi connectivity index (χ1n) is 4.88. The van der Waals surface area contributed by atoms with E-state index in [0.717, 1.165) is 17.4 Å². The standard InChI is InChI=1S/C11H12ClN/c12-9-2-1-3-10-8(9)6-11(13-10)7-4-5-7/h1-3,7,11,13H,4-6H2. The number of benzene rings is 1. The van der Waals surface area contributed by atoms with Crippen molar-refractivity contribution in [3.8, 4) is 0 Å². The van der Waals surface area contributed by atoms with E-state index in [1.165, 1.54) is 24.1 Å². The van der Waals surface area contributed by atoms with E-state index >= 15 is 0 Å². The summed E-state index contributed by atoms with van der Waals surface area (Å²) in [6.07, 6.45) is 3.91. The molecule has 1 aliphatic heterocycles. The normalized spacial score (nSPS) is 25.5. The van der Waals surface area contributed by atoms with Crippen LogP contribution in [0, 0.1) is 5.92 Å². The fraction of sp³-hybridized carbons (Fsp3) is 0.455. The summed E-state index contributed by atoms with van der Waals surface area (Å²) in [4.78, 5) is 0. The van der Waals surface area contributed by atoms with Gasteiger partial charge in [0.2, 0.25) is 0 Å². The quantitative estimate of drug-likeness (QED) is 0.723. The molecule has 1 atom stereocenters. The molecule has 68 valence electrons. The zero-order valence-electron chi connectivity index (χ0n) is 7.39. The van der Waals surface area contributed by atoms with E-state index < -0.39 is 0 Å². The molecule has 1 unspecified atom stereocenters. The summed E-state index contributed by atoms with van der Waals surface area (Å²) in [6.45, 7) is 0. The van der Waals surface area contributed by atoms with Gasteiger partial charge < -0.3 is 5.32 Å². The molecule has 2 aliphatic rings. The van der Waals surface area contributed by atoms with E-state index in [2.05, 4.69) is 11.4 Å². The Bertz CT molecular complexity index is 344. The third-order valence-electron chi connectivity index (χ3n) is 3.07. The molecule has 0 aromatic heterocycles. The summed E-state index contributed by atoms with van der Waals surface area (Å²) in [5, 5.41) is 4.48. The van der Waals surface area contributed by atoms with Crippen LogP contribution in [0.25, 0.3) is 0 Å². The van der Waals surface area contributed by atoms with Gasteiger partial charge in [-0.2, -0.15) is 0 Å². The highest BCUT2D eigenvalue weighted by molar-refractivity contribution is 6.31. The maximum absolute atomic E-state index is 6.12. The number of fused-ring (bicyclic) bond motifs is 1. The summed E-state index contributed by atoms with van der Waals surface area (Å²) in [5.74, 6) is 0.906. The minimum absolute atomic E-state index is 0.662. The molecule has 1 heterocycles. The van der Waals surface area contributed by atoms with Gasteiger partial charge >= 0.3 is 0 Å². The van der Waals surface area contributed by atoms with Crippen LogP contribution >= 0.6 is 11.6 Å². The fourth-order valence-electron chi connectivity index (χ4n) is 2.16. The van der Waals surface area contributed by atoms with Crippen molar-refractivity contribution in [2.24, 2.45) is 5.92 Å². The Balaban J connectivity index is 1.94. The van der Waals surface area contributed by atoms with Gasteiger partial charge in [-0.1, -0.05) is 17.7 Å². The Labute approximate surface area is 83.1 Å². The Morgan fingerprint density at radius 1 is 1.31 bits per heavy atom. The first kappa shape index (κ1) is 7.69. The van der Waals surface area contributed by atoms with E-state index in [1.807, 2.05) is 12.1 Å². The predicted octanol–water partition coefficient (Wildman–Crippen LogP) is 3.09. The van der Waals surface area contributed by atoms with Crippen LogP contribution in [0.1, 0.15) is 18.4 Å². The van der Waals surface area contributed by atoms with E-state index in [4.69, 9.17) is 11.6 Å². The molecule has 0 radical (unpaired) electrons. The lowest BCUT2D eigenvalue weighted by atomic mass is 10.1. The molecule has 1 aromatic rings. The van der Waals surface area contributed by atoms with Gasteiger partial charge in [0, 0.05) is 16.8 Å². The molecule has 1 nitrogen and oxygen atoms in total. The largest absolute Gasteiger partial charge is 0.381 e. The van der Waals surface area contributed by atoms with Gasteiger partial charge in [-0.25, -0.2) is 0 Å². The first-order valence-corrected chi connectivity index (χ1v) is 5.26. The monoisotopic (exact) mass is 193 g/mol. The van der Waals surface area contributed by atoms with Crippen molar-refractivity contribution in [2.45, 2.75) is 25.3 Å². The summed E-state index contributed by atoms with van der Waals surface area (Å²) >= 11 is 6.12. The van der Waals surface area contributed by atoms with Crippen molar-refractivity contribution in [2.75, 3.05) is 5.32 Å². The number of halogens is 1. The lowest BCUT2D eigenvalue weighted by Gasteiger charge is -2.07. The van der Waals surface area contributed by atoms with E-state index in [1.54, 1.807) is 0 Å². The van der Waals surface area contributed by atoms with Crippen LogP contribution < -0.4 is 5.32 Å². The molecule has 1 aliphatic carbocycles. The van der Waals surface area contributed by atoms with E-state index in [9.17, 15) is 0 Å². The summed E-state index contributed by atoms with van der Waals surface area (Å²) in [7, 11) is 0. The fourth-order valence-corrected chi connectivity index (χ4v) is 2.41. The highest BCUT2D eigenvalue weighted by Gasteiger charge is 2.35.